The van der Waals surface area contributed by atoms with Gasteiger partial charge < -0.3 is 0 Å². The molecular formula is C42H31N5. The van der Waals surface area contributed by atoms with E-state index in [2.05, 4.69) is 55.1 Å². The molecule has 224 valence electrons. The number of hydrogen-bond acceptors (Lipinski definition) is 5. The molecule has 0 amide bonds. The van der Waals surface area contributed by atoms with E-state index in [4.69, 9.17) is 24.9 Å². The molecule has 2 heterocycles. The van der Waals surface area contributed by atoms with Gasteiger partial charge in [0.25, 0.3) is 0 Å². The SMILES string of the molecule is C=C/C(=C\C=C/C)c1nc(-c2ccccc2)nc(-c2ccc3ccccc3c2-c2cc(-c3ccccc3)nc(-c3ccccc3)n2)n1. The molecule has 0 aliphatic carbocycles. The van der Waals surface area contributed by atoms with E-state index < -0.39 is 0 Å². The molecule has 0 unspecified atom stereocenters. The van der Waals surface area contributed by atoms with Crippen LogP contribution in [0.15, 0.2) is 164 Å². The predicted octanol–water partition coefficient (Wildman–Crippen LogP) is 10.3. The van der Waals surface area contributed by atoms with E-state index in [0.29, 0.717) is 23.3 Å². The van der Waals surface area contributed by atoms with E-state index in [1.54, 1.807) is 6.08 Å². The van der Waals surface area contributed by atoms with Crippen LogP contribution in [0.4, 0.5) is 0 Å². The fourth-order valence-electron chi connectivity index (χ4n) is 5.56. The molecule has 7 rings (SSSR count). The van der Waals surface area contributed by atoms with Gasteiger partial charge in [-0.1, -0.05) is 152 Å². The van der Waals surface area contributed by atoms with Gasteiger partial charge in [0.15, 0.2) is 23.3 Å². The molecule has 5 nitrogen and oxygen atoms in total. The van der Waals surface area contributed by atoms with Crippen molar-refractivity contribution < 1.29 is 0 Å². The smallest absolute Gasteiger partial charge is 0.164 e. The molecular weight excluding hydrogens is 574 g/mol. The van der Waals surface area contributed by atoms with Crippen LogP contribution in [0.5, 0.6) is 0 Å². The summed E-state index contributed by atoms with van der Waals surface area (Å²) >= 11 is 0. The Balaban J connectivity index is 1.54. The summed E-state index contributed by atoms with van der Waals surface area (Å²) in [5.74, 6) is 2.31. The summed E-state index contributed by atoms with van der Waals surface area (Å²) in [5, 5.41) is 2.13. The predicted molar refractivity (Wildman–Crippen MR) is 193 cm³/mol. The minimum atomic E-state index is 0.540. The van der Waals surface area contributed by atoms with Crippen LogP contribution < -0.4 is 0 Å². The highest BCUT2D eigenvalue weighted by Gasteiger charge is 2.20. The Morgan fingerprint density at radius 3 is 1.79 bits per heavy atom. The lowest BCUT2D eigenvalue weighted by Gasteiger charge is -2.16. The summed E-state index contributed by atoms with van der Waals surface area (Å²) in [6.45, 7) is 6.03. The van der Waals surface area contributed by atoms with Gasteiger partial charge in [-0.05, 0) is 29.8 Å². The highest BCUT2D eigenvalue weighted by molar-refractivity contribution is 6.03. The average molecular weight is 606 g/mol. The van der Waals surface area contributed by atoms with E-state index >= 15 is 0 Å². The first-order chi connectivity index (χ1) is 23.2. The van der Waals surface area contributed by atoms with E-state index in [1.807, 2.05) is 110 Å². The topological polar surface area (TPSA) is 64.5 Å². The van der Waals surface area contributed by atoms with Gasteiger partial charge in [-0.2, -0.15) is 0 Å². The molecule has 0 fully saturated rings. The summed E-state index contributed by atoms with van der Waals surface area (Å²) in [6, 6.07) is 44.9. The number of nitrogens with zero attached hydrogens (tertiary/aromatic N) is 5. The zero-order valence-electron chi connectivity index (χ0n) is 26.0. The number of aromatic nitrogens is 5. The second-order valence-corrected chi connectivity index (χ2v) is 10.9. The van der Waals surface area contributed by atoms with Crippen LogP contribution in [0, 0.1) is 0 Å². The maximum absolute atomic E-state index is 5.21. The standard InChI is InChI=1S/C42H31N5/c1-3-5-17-29(4-2)39-45-41(33-23-13-8-14-24-33)47-42(46-39)35-27-26-30-18-15-16-25-34(30)38(35)37-28-36(31-19-9-6-10-20-31)43-40(44-37)32-21-11-7-12-22-32/h3-28H,2H2,1H3/b5-3-,29-17+. The minimum Gasteiger partial charge on any atom is -0.228 e. The van der Waals surface area contributed by atoms with Gasteiger partial charge in [-0.3, -0.25) is 0 Å². The highest BCUT2D eigenvalue weighted by Crippen LogP contribution is 2.39. The maximum atomic E-state index is 5.21. The van der Waals surface area contributed by atoms with Crippen molar-refractivity contribution in [3.8, 4) is 56.7 Å². The Morgan fingerprint density at radius 1 is 0.553 bits per heavy atom. The van der Waals surface area contributed by atoms with Crippen LogP contribution in [0.3, 0.4) is 0 Å². The molecule has 0 saturated carbocycles. The van der Waals surface area contributed by atoms with Gasteiger partial charge >= 0.3 is 0 Å². The Hall–Kier alpha value is -6.33. The van der Waals surface area contributed by atoms with E-state index in [0.717, 1.165) is 55.6 Å². The molecule has 0 aliphatic heterocycles. The third-order valence-electron chi connectivity index (χ3n) is 7.87. The summed E-state index contributed by atoms with van der Waals surface area (Å²) in [6.07, 6.45) is 7.67. The zero-order chi connectivity index (χ0) is 32.0. The average Bonchev–Trinajstić information content (AvgIpc) is 3.15. The van der Waals surface area contributed by atoms with E-state index in [-0.39, 0.29) is 0 Å². The fraction of sp³-hybridized carbons (Fsp3) is 0.0238. The lowest BCUT2D eigenvalue weighted by Crippen LogP contribution is -2.04. The molecule has 7 aromatic rings. The maximum Gasteiger partial charge on any atom is 0.164 e. The van der Waals surface area contributed by atoms with E-state index in [1.165, 1.54) is 0 Å². The first-order valence-electron chi connectivity index (χ1n) is 15.5. The minimum absolute atomic E-state index is 0.540. The van der Waals surface area contributed by atoms with Crippen molar-refractivity contribution in [2.45, 2.75) is 6.92 Å². The van der Waals surface area contributed by atoms with Crippen LogP contribution in [-0.4, -0.2) is 24.9 Å². The molecule has 5 aromatic carbocycles. The van der Waals surface area contributed by atoms with Crippen molar-refractivity contribution in [2.75, 3.05) is 0 Å². The largest absolute Gasteiger partial charge is 0.228 e. The second kappa shape index (κ2) is 13.3. The van der Waals surface area contributed by atoms with Crippen LogP contribution >= 0.6 is 0 Å². The molecule has 0 saturated heterocycles. The van der Waals surface area contributed by atoms with Crippen LogP contribution in [0.25, 0.3) is 73.0 Å². The van der Waals surface area contributed by atoms with Crippen LogP contribution in [0.2, 0.25) is 0 Å². The summed E-state index contributed by atoms with van der Waals surface area (Å²) in [4.78, 5) is 25.3. The molecule has 0 bridgehead atoms. The monoisotopic (exact) mass is 605 g/mol. The first kappa shape index (κ1) is 29.4. The fourth-order valence-corrected chi connectivity index (χ4v) is 5.56. The number of hydrogen-bond donors (Lipinski definition) is 0. The van der Waals surface area contributed by atoms with Crippen LogP contribution in [-0.2, 0) is 0 Å². The Morgan fingerprint density at radius 2 is 1.13 bits per heavy atom. The molecule has 0 aliphatic rings. The third kappa shape index (κ3) is 6.15. The Kier molecular flexibility index (Phi) is 8.34. The van der Waals surface area contributed by atoms with Gasteiger partial charge in [0.05, 0.1) is 11.4 Å². The molecule has 2 aromatic heterocycles. The van der Waals surface area contributed by atoms with Crippen LogP contribution in [0.1, 0.15) is 12.7 Å². The molecule has 0 spiro atoms. The first-order valence-corrected chi connectivity index (χ1v) is 15.5. The summed E-state index contributed by atoms with van der Waals surface area (Å²) in [7, 11) is 0. The summed E-state index contributed by atoms with van der Waals surface area (Å²) < 4.78 is 0. The summed E-state index contributed by atoms with van der Waals surface area (Å²) in [5.41, 5.74) is 7.02. The number of allylic oxidation sites excluding steroid dienone is 5. The van der Waals surface area contributed by atoms with Crippen molar-refractivity contribution in [1.29, 1.82) is 0 Å². The van der Waals surface area contributed by atoms with Crippen molar-refractivity contribution in [3.05, 3.63) is 170 Å². The third-order valence-corrected chi connectivity index (χ3v) is 7.87. The van der Waals surface area contributed by atoms with Gasteiger partial charge in [0.1, 0.15) is 0 Å². The lowest BCUT2D eigenvalue weighted by molar-refractivity contribution is 1.04. The quantitative estimate of drug-likeness (QED) is 0.161. The van der Waals surface area contributed by atoms with Gasteiger partial charge in [0, 0.05) is 33.4 Å². The number of benzene rings is 5. The van der Waals surface area contributed by atoms with Gasteiger partial charge in [-0.25, -0.2) is 24.9 Å². The molecule has 0 radical (unpaired) electrons. The molecule has 5 heteroatoms. The van der Waals surface area contributed by atoms with Gasteiger partial charge in [0.2, 0.25) is 0 Å². The highest BCUT2D eigenvalue weighted by atomic mass is 15.0. The Labute approximate surface area is 274 Å². The van der Waals surface area contributed by atoms with Crippen molar-refractivity contribution in [3.63, 3.8) is 0 Å². The van der Waals surface area contributed by atoms with Crippen molar-refractivity contribution >= 4 is 16.3 Å². The van der Waals surface area contributed by atoms with Crippen molar-refractivity contribution in [2.24, 2.45) is 0 Å². The second-order valence-electron chi connectivity index (χ2n) is 10.9. The van der Waals surface area contributed by atoms with Crippen molar-refractivity contribution in [1.82, 2.24) is 24.9 Å². The number of rotatable bonds is 8. The molecule has 47 heavy (non-hydrogen) atoms. The Bertz CT molecular complexity index is 2200. The zero-order valence-corrected chi connectivity index (χ0v) is 26.0. The van der Waals surface area contributed by atoms with E-state index in [9.17, 15) is 0 Å². The normalized spacial score (nSPS) is 11.6. The van der Waals surface area contributed by atoms with Gasteiger partial charge in [-0.15, -0.1) is 0 Å². The molecule has 0 N–H and O–H groups in total. The lowest BCUT2D eigenvalue weighted by atomic mass is 9.94. The number of fused-ring (bicyclic) bond motifs is 1. The molecule has 0 atom stereocenters.